The highest BCUT2D eigenvalue weighted by Gasteiger charge is 2.24. The van der Waals surface area contributed by atoms with Crippen LogP contribution >= 0.6 is 0 Å². The van der Waals surface area contributed by atoms with E-state index in [-0.39, 0.29) is 24.6 Å². The fourth-order valence-electron chi connectivity index (χ4n) is 2.40. The molecule has 1 saturated carbocycles. The molecule has 4 heteroatoms. The van der Waals surface area contributed by atoms with E-state index in [1.165, 1.54) is 19.3 Å². The van der Waals surface area contributed by atoms with Crippen molar-refractivity contribution in [1.29, 1.82) is 0 Å². The van der Waals surface area contributed by atoms with E-state index in [0.29, 0.717) is 12.5 Å². The first-order valence-corrected chi connectivity index (χ1v) is 6.61. The van der Waals surface area contributed by atoms with E-state index in [1.807, 2.05) is 0 Å². The second-order valence-electron chi connectivity index (χ2n) is 4.85. The number of rotatable bonds is 6. The van der Waals surface area contributed by atoms with Crippen LogP contribution in [0, 0.1) is 5.92 Å². The first-order valence-electron chi connectivity index (χ1n) is 6.61. The largest absolute Gasteiger partial charge is 0.462 e. The quantitative estimate of drug-likeness (QED) is 0.723. The fourth-order valence-corrected chi connectivity index (χ4v) is 2.40. The molecule has 4 nitrogen and oxygen atoms in total. The summed E-state index contributed by atoms with van der Waals surface area (Å²) < 4.78 is 10.6. The average Bonchev–Trinajstić information content (AvgIpc) is 2.36. The van der Waals surface area contributed by atoms with Crippen LogP contribution in [0.2, 0.25) is 0 Å². The molecule has 0 bridgehead atoms. The number of esters is 1. The second kappa shape index (κ2) is 7.67. The van der Waals surface area contributed by atoms with Crippen molar-refractivity contribution in [3.63, 3.8) is 0 Å². The maximum Gasteiger partial charge on any atom is 0.308 e. The molecule has 0 aromatic rings. The molecule has 3 unspecified atom stereocenters. The van der Waals surface area contributed by atoms with Crippen molar-refractivity contribution in [2.45, 2.75) is 57.7 Å². The first kappa shape index (κ1) is 14.5. The van der Waals surface area contributed by atoms with Gasteiger partial charge in [-0.1, -0.05) is 19.8 Å². The predicted octanol–water partition coefficient (Wildman–Crippen LogP) is 1.86. The summed E-state index contributed by atoms with van der Waals surface area (Å²) in [6.45, 7) is 2.55. The van der Waals surface area contributed by atoms with Crippen LogP contribution in [0.15, 0.2) is 0 Å². The van der Waals surface area contributed by atoms with E-state index in [2.05, 4.69) is 6.92 Å². The number of ether oxygens (including phenoxy) is 2. The Labute approximate surface area is 104 Å². The van der Waals surface area contributed by atoms with Gasteiger partial charge in [0.05, 0.1) is 12.5 Å². The Balaban J connectivity index is 2.30. The average molecular weight is 243 g/mol. The lowest BCUT2D eigenvalue weighted by atomic mass is 9.85. The minimum absolute atomic E-state index is 0.108. The number of methoxy groups -OCH3 is 1. The van der Waals surface area contributed by atoms with Crippen LogP contribution in [0.25, 0.3) is 0 Å². The van der Waals surface area contributed by atoms with Gasteiger partial charge in [-0.2, -0.15) is 0 Å². The molecule has 3 atom stereocenters. The van der Waals surface area contributed by atoms with E-state index in [1.54, 1.807) is 7.11 Å². The van der Waals surface area contributed by atoms with Gasteiger partial charge in [-0.15, -0.1) is 0 Å². The van der Waals surface area contributed by atoms with Crippen molar-refractivity contribution in [2.75, 3.05) is 13.7 Å². The summed E-state index contributed by atoms with van der Waals surface area (Å²) in [6.07, 6.45) is 5.79. The van der Waals surface area contributed by atoms with E-state index < -0.39 is 0 Å². The number of hydrogen-bond donors (Lipinski definition) is 1. The van der Waals surface area contributed by atoms with E-state index in [9.17, 15) is 4.79 Å². The van der Waals surface area contributed by atoms with Gasteiger partial charge in [0.1, 0.15) is 6.10 Å². The maximum atomic E-state index is 11.7. The molecule has 1 fully saturated rings. The summed E-state index contributed by atoms with van der Waals surface area (Å²) >= 11 is 0. The van der Waals surface area contributed by atoms with Crippen LogP contribution in [0.1, 0.15) is 45.4 Å². The number of carbonyl (C=O) groups excluding carboxylic acids is 1. The number of carbonyl (C=O) groups is 1. The Morgan fingerprint density at radius 2 is 2.24 bits per heavy atom. The van der Waals surface area contributed by atoms with Crippen molar-refractivity contribution in [3.05, 3.63) is 0 Å². The highest BCUT2D eigenvalue weighted by Crippen LogP contribution is 2.28. The molecule has 0 amide bonds. The van der Waals surface area contributed by atoms with Crippen LogP contribution in [-0.2, 0) is 14.3 Å². The van der Waals surface area contributed by atoms with Crippen molar-refractivity contribution in [3.8, 4) is 0 Å². The zero-order chi connectivity index (χ0) is 12.7. The van der Waals surface area contributed by atoms with E-state index in [0.717, 1.165) is 12.8 Å². The molecule has 1 aliphatic rings. The van der Waals surface area contributed by atoms with Gasteiger partial charge in [0.15, 0.2) is 0 Å². The van der Waals surface area contributed by atoms with Gasteiger partial charge < -0.3 is 15.2 Å². The lowest BCUT2D eigenvalue weighted by Gasteiger charge is -2.28. The molecular formula is C13H25NO3. The smallest absolute Gasteiger partial charge is 0.308 e. The van der Waals surface area contributed by atoms with Crippen LogP contribution < -0.4 is 5.73 Å². The number of nitrogens with two attached hydrogens (primary N) is 1. The molecular weight excluding hydrogens is 218 g/mol. The lowest BCUT2D eigenvalue weighted by Crippen LogP contribution is -2.30. The molecule has 0 aromatic carbocycles. The van der Waals surface area contributed by atoms with Gasteiger partial charge in [-0.25, -0.2) is 0 Å². The Bertz CT molecular complexity index is 229. The summed E-state index contributed by atoms with van der Waals surface area (Å²) in [7, 11) is 1.57. The molecule has 17 heavy (non-hydrogen) atoms. The summed E-state index contributed by atoms with van der Waals surface area (Å²) in [5.74, 6) is 0.540. The van der Waals surface area contributed by atoms with E-state index >= 15 is 0 Å². The van der Waals surface area contributed by atoms with Crippen LogP contribution in [0.4, 0.5) is 0 Å². The SMILES string of the molecule is CCC1CCCC(OC(=O)CC(CN)OC)C1. The summed E-state index contributed by atoms with van der Waals surface area (Å²) in [5.41, 5.74) is 5.48. The van der Waals surface area contributed by atoms with Gasteiger partial charge >= 0.3 is 5.97 Å². The molecule has 1 rings (SSSR count). The van der Waals surface area contributed by atoms with Crippen LogP contribution in [0.3, 0.4) is 0 Å². The molecule has 100 valence electrons. The van der Waals surface area contributed by atoms with Crippen molar-refractivity contribution in [2.24, 2.45) is 11.7 Å². The lowest BCUT2D eigenvalue weighted by molar-refractivity contribution is -0.153. The molecule has 0 aliphatic heterocycles. The molecule has 2 N–H and O–H groups in total. The third-order valence-corrected chi connectivity index (χ3v) is 3.60. The summed E-state index contributed by atoms with van der Waals surface area (Å²) in [4.78, 5) is 11.7. The molecule has 1 aliphatic carbocycles. The monoisotopic (exact) mass is 243 g/mol. The van der Waals surface area contributed by atoms with E-state index in [4.69, 9.17) is 15.2 Å². The first-order chi connectivity index (χ1) is 8.19. The minimum Gasteiger partial charge on any atom is -0.462 e. The summed E-state index contributed by atoms with van der Waals surface area (Å²) in [5, 5.41) is 0. The Morgan fingerprint density at radius 1 is 1.47 bits per heavy atom. The maximum absolute atomic E-state index is 11.7. The van der Waals surface area contributed by atoms with Crippen LogP contribution in [0.5, 0.6) is 0 Å². The van der Waals surface area contributed by atoms with Crippen molar-refractivity contribution < 1.29 is 14.3 Å². The number of hydrogen-bond acceptors (Lipinski definition) is 4. The van der Waals surface area contributed by atoms with Crippen molar-refractivity contribution in [1.82, 2.24) is 0 Å². The second-order valence-corrected chi connectivity index (χ2v) is 4.85. The molecule has 0 spiro atoms. The molecule has 0 radical (unpaired) electrons. The Morgan fingerprint density at radius 3 is 2.82 bits per heavy atom. The van der Waals surface area contributed by atoms with Gasteiger partial charge in [-0.3, -0.25) is 4.79 Å². The highest BCUT2D eigenvalue weighted by molar-refractivity contribution is 5.70. The Hall–Kier alpha value is -0.610. The van der Waals surface area contributed by atoms with Gasteiger partial charge in [0.2, 0.25) is 0 Å². The zero-order valence-electron chi connectivity index (χ0n) is 11.0. The van der Waals surface area contributed by atoms with Gasteiger partial charge in [0, 0.05) is 13.7 Å². The topological polar surface area (TPSA) is 61.5 Å². The van der Waals surface area contributed by atoms with Crippen LogP contribution in [-0.4, -0.2) is 31.8 Å². The normalized spacial score (nSPS) is 26.5. The Kier molecular flexibility index (Phi) is 6.52. The highest BCUT2D eigenvalue weighted by atomic mass is 16.5. The van der Waals surface area contributed by atoms with Gasteiger partial charge in [-0.05, 0) is 25.2 Å². The third-order valence-electron chi connectivity index (χ3n) is 3.60. The standard InChI is InChI=1S/C13H25NO3/c1-3-10-5-4-6-11(7-10)17-13(15)8-12(9-14)16-2/h10-12H,3-9,14H2,1-2H3. The third kappa shape index (κ3) is 5.04. The fraction of sp³-hybridized carbons (Fsp3) is 0.923. The molecule has 0 aromatic heterocycles. The predicted molar refractivity (Wildman–Crippen MR) is 66.6 cm³/mol. The minimum atomic E-state index is -0.215. The van der Waals surface area contributed by atoms with Crippen molar-refractivity contribution >= 4 is 5.97 Å². The molecule has 0 heterocycles. The zero-order valence-corrected chi connectivity index (χ0v) is 11.0. The van der Waals surface area contributed by atoms with Gasteiger partial charge in [0.25, 0.3) is 0 Å². The summed E-state index contributed by atoms with van der Waals surface area (Å²) in [6, 6.07) is 0. The molecule has 0 saturated heterocycles.